The predicted octanol–water partition coefficient (Wildman–Crippen LogP) is 6.32. The molecule has 0 bridgehead atoms. The van der Waals surface area contributed by atoms with E-state index >= 15 is 0 Å². The number of allylic oxidation sites excluding steroid dienone is 2. The molecule has 0 saturated carbocycles. The van der Waals surface area contributed by atoms with Crippen LogP contribution in [0.15, 0.2) is 18.3 Å². The van der Waals surface area contributed by atoms with Crippen LogP contribution in [0.2, 0.25) is 0 Å². The van der Waals surface area contributed by atoms with Crippen molar-refractivity contribution in [3.05, 3.63) is 18.3 Å². The molecule has 0 fully saturated rings. The summed E-state index contributed by atoms with van der Waals surface area (Å²) in [5, 5.41) is 1.39. The van der Waals surface area contributed by atoms with Gasteiger partial charge in [-0.25, -0.2) is 0 Å². The molecular weight excluding hydrogens is 414 g/mol. The fraction of sp³-hybridized carbons (Fsp3) is 0.667. The summed E-state index contributed by atoms with van der Waals surface area (Å²) in [4.78, 5) is 0. The molecule has 0 N–H and O–H groups in total. The Morgan fingerprint density at radius 3 is 1.18 bits per heavy atom. The van der Waals surface area contributed by atoms with Crippen LogP contribution in [0.5, 0.6) is 0 Å². The molecule has 0 aromatic heterocycles. The molecule has 0 radical (unpaired) electrons. The molecule has 0 saturated heterocycles. The summed E-state index contributed by atoms with van der Waals surface area (Å²) in [6, 6.07) is 0. The van der Waals surface area contributed by atoms with E-state index < -0.39 is 15.9 Å². The van der Waals surface area contributed by atoms with Crippen molar-refractivity contribution >= 4 is 57.1 Å². The Morgan fingerprint density at radius 2 is 1.00 bits per heavy atom. The van der Waals surface area contributed by atoms with Gasteiger partial charge in [-0.1, -0.05) is 0 Å². The zero-order valence-electron chi connectivity index (χ0n) is 11.1. The Hall–Kier alpha value is 1.43. The van der Waals surface area contributed by atoms with Crippen LogP contribution in [0.3, 0.4) is 0 Å². The van der Waals surface area contributed by atoms with Crippen LogP contribution < -0.4 is 0 Å². The molecule has 0 rings (SSSR count). The van der Waals surface area contributed by atoms with Gasteiger partial charge in [0.05, 0.1) is 0 Å². The molecule has 0 heterocycles. The molecule has 5 heteroatoms. The summed E-state index contributed by atoms with van der Waals surface area (Å²) in [5.41, 5.74) is -0.269. The number of halogens is 4. The fourth-order valence-electron chi connectivity index (χ4n) is 0.663. The molecule has 102 valence electrons. The van der Waals surface area contributed by atoms with Gasteiger partial charge in [-0.3, -0.25) is 0 Å². The normalized spacial score (nSPS) is 17.3. The van der Waals surface area contributed by atoms with Gasteiger partial charge in [-0.2, -0.15) is 0 Å². The van der Waals surface area contributed by atoms with Crippen LogP contribution in [0.25, 0.3) is 0 Å². The van der Waals surface area contributed by atoms with E-state index in [1.807, 2.05) is 41.5 Å². The van der Waals surface area contributed by atoms with E-state index in [9.17, 15) is 0 Å². The van der Waals surface area contributed by atoms with Gasteiger partial charge in [-0.15, -0.1) is 0 Å². The summed E-state index contributed by atoms with van der Waals surface area (Å²) in [6.07, 6.45) is 0. The molecule has 0 aliphatic heterocycles. The van der Waals surface area contributed by atoms with Crippen molar-refractivity contribution in [1.82, 2.24) is 0 Å². The number of hydrogen-bond donors (Lipinski definition) is 0. The minimum absolute atomic E-state index is 0.134. The average molecular weight is 434 g/mol. The Bertz CT molecular complexity index is 297. The Balaban J connectivity index is 5.20. The van der Waals surface area contributed by atoms with Crippen molar-refractivity contribution in [3.63, 3.8) is 0 Å². The molecule has 0 unspecified atom stereocenters. The van der Waals surface area contributed by atoms with Gasteiger partial charge in [0.2, 0.25) is 0 Å². The van der Waals surface area contributed by atoms with E-state index in [4.69, 9.17) is 41.1 Å². The van der Waals surface area contributed by atoms with Gasteiger partial charge < -0.3 is 0 Å². The van der Waals surface area contributed by atoms with Gasteiger partial charge >= 0.3 is 128 Å². The first-order valence-electron chi connectivity index (χ1n) is 5.24. The van der Waals surface area contributed by atoms with E-state index in [1.165, 1.54) is 0 Å². The first-order valence-corrected chi connectivity index (χ1v) is 14.6. The maximum atomic E-state index is 6.37. The minimum atomic E-state index is -3.25. The number of hydrogen-bond acceptors (Lipinski definition) is 0. The molecule has 0 nitrogen and oxygen atoms in total. The number of rotatable bonds is 2. The Morgan fingerprint density at radius 1 is 0.765 bits per heavy atom. The van der Waals surface area contributed by atoms with Crippen molar-refractivity contribution in [2.24, 2.45) is 10.8 Å². The van der Waals surface area contributed by atoms with Gasteiger partial charge in [0.25, 0.3) is 0 Å². The van der Waals surface area contributed by atoms with Crippen LogP contribution >= 0.6 is 41.1 Å². The van der Waals surface area contributed by atoms with Crippen molar-refractivity contribution in [1.29, 1.82) is 0 Å². The molecule has 0 aliphatic carbocycles. The molecule has 17 heavy (non-hydrogen) atoms. The predicted molar refractivity (Wildman–Crippen MR) is 84.2 cm³/mol. The van der Waals surface area contributed by atoms with Crippen LogP contribution in [-0.2, 0) is 0 Å². The SMILES string of the molecule is CC(C)(C)/C(Cl)=C/[Te](Cl)(Cl)/C=C(\Cl)C(C)(C)C. The van der Waals surface area contributed by atoms with Crippen LogP contribution in [-0.4, -0.2) is 15.9 Å². The second kappa shape index (κ2) is 6.25. The average Bonchev–Trinajstić information content (AvgIpc) is 1.97. The maximum absolute atomic E-state index is 6.37. The third-order valence-electron chi connectivity index (χ3n) is 1.95. The standard InChI is InChI=1S/C12H20Cl4Te/c1-11(2,3)9(13)7-17(15,16)8-10(14)12(4,5)6/h7-8H,1-6H3/b9-7-,10-8-. The molecule has 0 aromatic rings. The van der Waals surface area contributed by atoms with E-state index in [0.29, 0.717) is 10.1 Å². The molecule has 0 amide bonds. The molecule has 0 aliphatic rings. The van der Waals surface area contributed by atoms with Crippen molar-refractivity contribution in [2.45, 2.75) is 41.5 Å². The van der Waals surface area contributed by atoms with E-state index in [2.05, 4.69) is 0 Å². The van der Waals surface area contributed by atoms with Gasteiger partial charge in [-0.05, 0) is 0 Å². The first-order chi connectivity index (χ1) is 7.26. The van der Waals surface area contributed by atoms with Crippen LogP contribution in [0.1, 0.15) is 41.5 Å². The first kappa shape index (κ1) is 18.4. The zero-order valence-corrected chi connectivity index (χ0v) is 16.4. The van der Waals surface area contributed by atoms with Crippen molar-refractivity contribution in [3.8, 4) is 0 Å². The van der Waals surface area contributed by atoms with Crippen LogP contribution in [0.4, 0.5) is 0 Å². The molecule has 0 spiro atoms. The van der Waals surface area contributed by atoms with Gasteiger partial charge in [0.15, 0.2) is 0 Å². The van der Waals surface area contributed by atoms with Crippen molar-refractivity contribution in [2.75, 3.05) is 0 Å². The zero-order chi connectivity index (χ0) is 14.1. The third kappa shape index (κ3) is 7.56. The topological polar surface area (TPSA) is 0 Å². The summed E-state index contributed by atoms with van der Waals surface area (Å²) in [5.74, 6) is 0. The Labute approximate surface area is 127 Å². The van der Waals surface area contributed by atoms with E-state index in [-0.39, 0.29) is 10.8 Å². The van der Waals surface area contributed by atoms with E-state index in [1.54, 1.807) is 8.25 Å². The van der Waals surface area contributed by atoms with Crippen LogP contribution in [0, 0.1) is 10.8 Å². The Kier molecular flexibility index (Phi) is 6.78. The third-order valence-corrected chi connectivity index (χ3v) is 9.65. The summed E-state index contributed by atoms with van der Waals surface area (Å²) in [6.45, 7) is 12.1. The second-order valence-corrected chi connectivity index (χ2v) is 19.2. The molecular formula is C12H20Cl4Te. The summed E-state index contributed by atoms with van der Waals surface area (Å²) >= 11 is 9.17. The van der Waals surface area contributed by atoms with Gasteiger partial charge in [0, 0.05) is 0 Å². The van der Waals surface area contributed by atoms with Crippen molar-refractivity contribution < 1.29 is 0 Å². The van der Waals surface area contributed by atoms with Gasteiger partial charge in [0.1, 0.15) is 0 Å². The van der Waals surface area contributed by atoms with E-state index in [0.717, 1.165) is 0 Å². The fourth-order valence-corrected chi connectivity index (χ4v) is 9.95. The molecule has 0 aromatic carbocycles. The second-order valence-electron chi connectivity index (χ2n) is 5.98. The molecule has 0 atom stereocenters. The summed E-state index contributed by atoms with van der Waals surface area (Å²) < 4.78 is 3.61. The quantitative estimate of drug-likeness (QED) is 0.447. The monoisotopic (exact) mass is 434 g/mol. The summed E-state index contributed by atoms with van der Waals surface area (Å²) in [7, 11) is 12.7.